The minimum absolute atomic E-state index is 0.00564. The first-order valence-electron chi connectivity index (χ1n) is 5.61. The van der Waals surface area contributed by atoms with Gasteiger partial charge >= 0.3 is 0 Å². The van der Waals surface area contributed by atoms with Crippen molar-refractivity contribution in [3.05, 3.63) is 58.1 Å². The van der Waals surface area contributed by atoms with E-state index < -0.39 is 10.8 Å². The lowest BCUT2D eigenvalue weighted by molar-refractivity contribution is -0.383. The Morgan fingerprint density at radius 2 is 2.00 bits per heavy atom. The highest BCUT2D eigenvalue weighted by Crippen LogP contribution is 2.23. The summed E-state index contributed by atoms with van der Waals surface area (Å²) in [6.07, 6.45) is 0. The molecule has 0 aromatic heterocycles. The molecule has 2 aromatic carbocycles. The molecule has 1 amide bonds. The number of nitro benzene ring substituents is 1. The third-order valence-electron chi connectivity index (χ3n) is 2.59. The van der Waals surface area contributed by atoms with Crippen molar-refractivity contribution >= 4 is 23.0 Å². The van der Waals surface area contributed by atoms with Gasteiger partial charge in [-0.3, -0.25) is 14.9 Å². The van der Waals surface area contributed by atoms with E-state index in [2.05, 4.69) is 5.32 Å². The molecule has 0 spiro atoms. The lowest BCUT2D eigenvalue weighted by Crippen LogP contribution is -2.12. The first-order valence-corrected chi connectivity index (χ1v) is 5.61. The van der Waals surface area contributed by atoms with Crippen LogP contribution in [0.15, 0.2) is 42.5 Å². The summed E-state index contributed by atoms with van der Waals surface area (Å²) in [4.78, 5) is 22.1. The van der Waals surface area contributed by atoms with E-state index in [1.807, 2.05) is 0 Å². The van der Waals surface area contributed by atoms with E-state index in [-0.39, 0.29) is 22.7 Å². The minimum atomic E-state index is -0.652. The number of carbonyl (C=O) groups excluding carboxylic acids is 1. The summed E-state index contributed by atoms with van der Waals surface area (Å²) < 4.78 is 0. The Bertz CT molecular complexity index is 685. The molecule has 0 saturated heterocycles. The first kappa shape index (κ1) is 13.3. The van der Waals surface area contributed by atoms with Gasteiger partial charge in [0.2, 0.25) is 0 Å². The van der Waals surface area contributed by atoms with Crippen molar-refractivity contribution in [1.82, 2.24) is 0 Å². The van der Waals surface area contributed by atoms with E-state index in [0.29, 0.717) is 5.69 Å². The Labute approximate surface area is 113 Å². The van der Waals surface area contributed by atoms with Gasteiger partial charge in [-0.2, -0.15) is 0 Å². The van der Waals surface area contributed by atoms with Crippen LogP contribution in [0.2, 0.25) is 0 Å². The fraction of sp³-hybridized carbons (Fsp3) is 0. The predicted octanol–water partition coefficient (Wildman–Crippen LogP) is 2.13. The second kappa shape index (κ2) is 5.27. The van der Waals surface area contributed by atoms with E-state index >= 15 is 0 Å². The summed E-state index contributed by atoms with van der Waals surface area (Å²) in [7, 11) is 0. The van der Waals surface area contributed by atoms with Crippen LogP contribution in [0.4, 0.5) is 17.1 Å². The van der Waals surface area contributed by atoms with Gasteiger partial charge in [0.05, 0.1) is 4.92 Å². The maximum atomic E-state index is 12.0. The normalized spacial score (nSPS) is 10.0. The quantitative estimate of drug-likeness (QED) is 0.449. The number of anilines is 2. The van der Waals surface area contributed by atoms with Gasteiger partial charge < -0.3 is 16.2 Å². The Balaban J connectivity index is 2.26. The lowest BCUT2D eigenvalue weighted by atomic mass is 10.1. The van der Waals surface area contributed by atoms with Gasteiger partial charge in [0.1, 0.15) is 11.4 Å². The van der Waals surface area contributed by atoms with E-state index in [1.165, 1.54) is 24.3 Å². The number of hydrogen-bond acceptors (Lipinski definition) is 5. The second-order valence-corrected chi connectivity index (χ2v) is 4.04. The molecule has 2 aromatic rings. The van der Waals surface area contributed by atoms with Gasteiger partial charge in [-0.05, 0) is 24.3 Å². The third-order valence-corrected chi connectivity index (χ3v) is 2.59. The molecule has 7 nitrogen and oxygen atoms in total. The highest BCUT2D eigenvalue weighted by Gasteiger charge is 2.15. The summed E-state index contributed by atoms with van der Waals surface area (Å²) in [5.74, 6) is -0.523. The summed E-state index contributed by atoms with van der Waals surface area (Å²) in [6, 6.07) is 9.77. The fourth-order valence-electron chi connectivity index (χ4n) is 1.63. The van der Waals surface area contributed by atoms with Crippen molar-refractivity contribution in [3.63, 3.8) is 0 Å². The van der Waals surface area contributed by atoms with Crippen molar-refractivity contribution in [2.75, 3.05) is 11.1 Å². The van der Waals surface area contributed by atoms with Gasteiger partial charge in [-0.15, -0.1) is 0 Å². The van der Waals surface area contributed by atoms with E-state index in [4.69, 9.17) is 5.73 Å². The molecule has 0 fully saturated rings. The molecule has 0 heterocycles. The standard InChI is InChI=1S/C13H11N3O4/c14-11-5-4-8(6-12(11)16(19)20)13(18)15-9-2-1-3-10(17)7-9/h1-7,17H,14H2,(H,15,18). The zero-order valence-electron chi connectivity index (χ0n) is 10.2. The molecule has 4 N–H and O–H groups in total. The summed E-state index contributed by atoms with van der Waals surface area (Å²) in [5.41, 5.74) is 5.61. The Kier molecular flexibility index (Phi) is 3.52. The largest absolute Gasteiger partial charge is 0.508 e. The van der Waals surface area contributed by atoms with Crippen molar-refractivity contribution < 1.29 is 14.8 Å². The Hall–Kier alpha value is -3.09. The summed E-state index contributed by atoms with van der Waals surface area (Å²) >= 11 is 0. The van der Waals surface area contributed by atoms with Crippen LogP contribution in [0.5, 0.6) is 5.75 Å². The zero-order chi connectivity index (χ0) is 14.7. The number of aromatic hydroxyl groups is 1. The fourth-order valence-corrected chi connectivity index (χ4v) is 1.63. The number of rotatable bonds is 3. The van der Waals surface area contributed by atoms with Crippen LogP contribution in [0.1, 0.15) is 10.4 Å². The number of nitrogens with zero attached hydrogens (tertiary/aromatic N) is 1. The van der Waals surface area contributed by atoms with Crippen molar-refractivity contribution in [1.29, 1.82) is 0 Å². The molecular formula is C13H11N3O4. The van der Waals surface area contributed by atoms with E-state index in [1.54, 1.807) is 12.1 Å². The molecule has 0 saturated carbocycles. The molecule has 0 unspecified atom stereocenters. The topological polar surface area (TPSA) is 118 Å². The molecule has 0 aliphatic carbocycles. The number of nitrogen functional groups attached to an aromatic ring is 1. The highest BCUT2D eigenvalue weighted by atomic mass is 16.6. The number of nitro groups is 1. The molecule has 0 bridgehead atoms. The van der Waals surface area contributed by atoms with Gasteiger partial charge in [0.15, 0.2) is 0 Å². The Morgan fingerprint density at radius 3 is 2.65 bits per heavy atom. The Morgan fingerprint density at radius 1 is 1.25 bits per heavy atom. The highest BCUT2D eigenvalue weighted by molar-refractivity contribution is 6.05. The van der Waals surface area contributed by atoms with Crippen LogP contribution in [0.25, 0.3) is 0 Å². The molecule has 0 radical (unpaired) electrons. The summed E-state index contributed by atoms with van der Waals surface area (Å²) in [6.45, 7) is 0. The summed E-state index contributed by atoms with van der Waals surface area (Å²) in [5, 5.41) is 22.6. The minimum Gasteiger partial charge on any atom is -0.508 e. The number of phenols is 1. The maximum absolute atomic E-state index is 12.0. The van der Waals surface area contributed by atoms with Crippen LogP contribution < -0.4 is 11.1 Å². The monoisotopic (exact) mass is 273 g/mol. The number of nitrogens with one attached hydrogen (secondary N) is 1. The molecule has 0 aliphatic rings. The predicted molar refractivity (Wildman–Crippen MR) is 73.6 cm³/mol. The number of amides is 1. The number of benzene rings is 2. The zero-order valence-corrected chi connectivity index (χ0v) is 10.2. The van der Waals surface area contributed by atoms with Crippen LogP contribution >= 0.6 is 0 Å². The van der Waals surface area contributed by atoms with Crippen molar-refractivity contribution in [3.8, 4) is 5.75 Å². The maximum Gasteiger partial charge on any atom is 0.292 e. The average molecular weight is 273 g/mol. The number of nitrogens with two attached hydrogens (primary N) is 1. The average Bonchev–Trinajstić information content (AvgIpc) is 2.38. The van der Waals surface area contributed by atoms with Crippen molar-refractivity contribution in [2.24, 2.45) is 0 Å². The van der Waals surface area contributed by atoms with E-state index in [0.717, 1.165) is 6.07 Å². The van der Waals surface area contributed by atoms with Crippen LogP contribution in [-0.4, -0.2) is 15.9 Å². The molecule has 102 valence electrons. The molecule has 20 heavy (non-hydrogen) atoms. The second-order valence-electron chi connectivity index (χ2n) is 4.04. The third kappa shape index (κ3) is 2.83. The lowest BCUT2D eigenvalue weighted by Gasteiger charge is -2.06. The number of carbonyl (C=O) groups is 1. The van der Waals surface area contributed by atoms with Crippen molar-refractivity contribution in [2.45, 2.75) is 0 Å². The molecule has 2 rings (SSSR count). The van der Waals surface area contributed by atoms with Crippen LogP contribution in [0.3, 0.4) is 0 Å². The van der Waals surface area contributed by atoms with E-state index in [9.17, 15) is 20.0 Å². The molecule has 7 heteroatoms. The number of phenolic OH excluding ortho intramolecular Hbond substituents is 1. The SMILES string of the molecule is Nc1ccc(C(=O)Nc2cccc(O)c2)cc1[N+](=O)[O-]. The first-order chi connectivity index (χ1) is 9.47. The molecular weight excluding hydrogens is 262 g/mol. The van der Waals surface area contributed by atoms with Gasteiger partial charge in [-0.25, -0.2) is 0 Å². The van der Waals surface area contributed by atoms with Crippen LogP contribution in [-0.2, 0) is 0 Å². The van der Waals surface area contributed by atoms with Gasteiger partial charge in [0.25, 0.3) is 11.6 Å². The smallest absolute Gasteiger partial charge is 0.292 e. The van der Waals surface area contributed by atoms with Crippen LogP contribution in [0, 0.1) is 10.1 Å². The molecule has 0 aliphatic heterocycles. The molecule has 0 atom stereocenters. The number of hydrogen-bond donors (Lipinski definition) is 3. The van der Waals surface area contributed by atoms with Gasteiger partial charge in [0, 0.05) is 23.4 Å². The van der Waals surface area contributed by atoms with Gasteiger partial charge in [-0.1, -0.05) is 6.07 Å².